The minimum Gasteiger partial charge on any atom is -0.342 e. The third-order valence-corrected chi connectivity index (χ3v) is 3.74. The highest BCUT2D eigenvalue weighted by molar-refractivity contribution is 6.32. The monoisotopic (exact) mass is 261 g/mol. The van der Waals surface area contributed by atoms with Crippen molar-refractivity contribution in [2.45, 2.75) is 19.8 Å². The van der Waals surface area contributed by atoms with E-state index in [0.29, 0.717) is 0 Å². The Kier molecular flexibility index (Phi) is 3.00. The maximum absolute atomic E-state index is 6.33. The van der Waals surface area contributed by atoms with E-state index in [1.54, 1.807) is 0 Å². The molecule has 1 aliphatic heterocycles. The number of halogens is 1. The first-order chi connectivity index (χ1) is 8.77. The number of imidazole rings is 1. The van der Waals surface area contributed by atoms with Crippen molar-refractivity contribution < 1.29 is 0 Å². The summed E-state index contributed by atoms with van der Waals surface area (Å²) in [6.45, 7) is 4.25. The van der Waals surface area contributed by atoms with Gasteiger partial charge in [-0.15, -0.1) is 0 Å². The molecule has 4 heteroatoms. The molecule has 1 fully saturated rings. The second kappa shape index (κ2) is 4.65. The number of hydrogen-bond donors (Lipinski definition) is 0. The third-order valence-electron chi connectivity index (χ3n) is 3.44. The van der Waals surface area contributed by atoms with Gasteiger partial charge in [-0.25, -0.2) is 4.98 Å². The number of anilines is 1. The Labute approximate surface area is 112 Å². The van der Waals surface area contributed by atoms with Crippen LogP contribution in [0, 0.1) is 6.92 Å². The van der Waals surface area contributed by atoms with Gasteiger partial charge in [-0.1, -0.05) is 23.7 Å². The summed E-state index contributed by atoms with van der Waals surface area (Å²) < 4.78 is 2.10. The molecule has 1 saturated heterocycles. The SMILES string of the molecule is Cc1cccc(Cl)c1-n1ccnc1N1CCCC1. The normalized spacial score (nSPS) is 15.3. The molecular formula is C14H16ClN3. The lowest BCUT2D eigenvalue weighted by Crippen LogP contribution is -2.21. The zero-order valence-electron chi connectivity index (χ0n) is 10.4. The van der Waals surface area contributed by atoms with Gasteiger partial charge in [-0.3, -0.25) is 4.57 Å². The van der Waals surface area contributed by atoms with Crippen molar-refractivity contribution in [2.24, 2.45) is 0 Å². The fourth-order valence-corrected chi connectivity index (χ4v) is 2.86. The van der Waals surface area contributed by atoms with E-state index in [-0.39, 0.29) is 0 Å². The van der Waals surface area contributed by atoms with E-state index in [0.717, 1.165) is 29.7 Å². The highest BCUT2D eigenvalue weighted by Gasteiger charge is 2.19. The molecular weight excluding hydrogens is 246 g/mol. The van der Waals surface area contributed by atoms with Crippen LogP contribution in [-0.2, 0) is 0 Å². The second-order valence-corrected chi connectivity index (χ2v) is 5.10. The predicted molar refractivity (Wildman–Crippen MR) is 74.8 cm³/mol. The van der Waals surface area contributed by atoms with Crippen LogP contribution < -0.4 is 4.90 Å². The number of rotatable bonds is 2. The molecule has 0 spiro atoms. The minimum atomic E-state index is 0.772. The molecule has 18 heavy (non-hydrogen) atoms. The summed E-state index contributed by atoms with van der Waals surface area (Å²) in [5, 5.41) is 0.772. The summed E-state index contributed by atoms with van der Waals surface area (Å²) >= 11 is 6.33. The number of hydrogen-bond acceptors (Lipinski definition) is 2. The van der Waals surface area contributed by atoms with Gasteiger partial charge >= 0.3 is 0 Å². The number of para-hydroxylation sites is 1. The molecule has 3 rings (SSSR count). The van der Waals surface area contributed by atoms with Gasteiger partial charge < -0.3 is 4.90 Å². The Morgan fingerprint density at radius 1 is 1.22 bits per heavy atom. The topological polar surface area (TPSA) is 21.1 Å². The van der Waals surface area contributed by atoms with Crippen molar-refractivity contribution in [3.63, 3.8) is 0 Å². The lowest BCUT2D eigenvalue weighted by molar-refractivity contribution is 0.872. The predicted octanol–water partition coefficient (Wildman–Crippen LogP) is 3.43. The van der Waals surface area contributed by atoms with E-state index in [4.69, 9.17) is 11.6 Å². The molecule has 0 aliphatic carbocycles. The number of aromatic nitrogens is 2. The van der Waals surface area contributed by atoms with Gasteiger partial charge in [0.05, 0.1) is 10.7 Å². The van der Waals surface area contributed by atoms with Crippen molar-refractivity contribution in [2.75, 3.05) is 18.0 Å². The molecule has 0 radical (unpaired) electrons. The number of aryl methyl sites for hydroxylation is 1. The van der Waals surface area contributed by atoms with Gasteiger partial charge in [-0.05, 0) is 31.4 Å². The summed E-state index contributed by atoms with van der Waals surface area (Å²) in [6.07, 6.45) is 6.32. The van der Waals surface area contributed by atoms with E-state index in [9.17, 15) is 0 Å². The van der Waals surface area contributed by atoms with Gasteiger partial charge in [0, 0.05) is 25.5 Å². The number of nitrogens with zero attached hydrogens (tertiary/aromatic N) is 3. The van der Waals surface area contributed by atoms with Crippen molar-refractivity contribution in [1.82, 2.24) is 9.55 Å². The highest BCUT2D eigenvalue weighted by atomic mass is 35.5. The average Bonchev–Trinajstić information content (AvgIpc) is 2.98. The van der Waals surface area contributed by atoms with E-state index >= 15 is 0 Å². The van der Waals surface area contributed by atoms with Crippen molar-refractivity contribution in [3.8, 4) is 5.69 Å². The van der Waals surface area contributed by atoms with Gasteiger partial charge in [0.2, 0.25) is 5.95 Å². The highest BCUT2D eigenvalue weighted by Crippen LogP contribution is 2.29. The van der Waals surface area contributed by atoms with Gasteiger partial charge in [0.25, 0.3) is 0 Å². The van der Waals surface area contributed by atoms with Crippen LogP contribution in [0.1, 0.15) is 18.4 Å². The van der Waals surface area contributed by atoms with E-state index in [1.165, 1.54) is 18.4 Å². The minimum absolute atomic E-state index is 0.772. The standard InChI is InChI=1S/C14H16ClN3/c1-11-5-4-6-12(15)13(11)18-10-7-16-14(18)17-8-2-3-9-17/h4-7,10H,2-3,8-9H2,1H3. The molecule has 1 aliphatic rings. The molecule has 1 aromatic heterocycles. The van der Waals surface area contributed by atoms with Crippen molar-refractivity contribution in [3.05, 3.63) is 41.2 Å². The Bertz CT molecular complexity index is 536. The van der Waals surface area contributed by atoms with Crippen LogP contribution in [0.3, 0.4) is 0 Å². The van der Waals surface area contributed by atoms with Crippen molar-refractivity contribution >= 4 is 17.5 Å². The summed E-state index contributed by atoms with van der Waals surface area (Å²) in [6, 6.07) is 5.99. The lowest BCUT2D eigenvalue weighted by Gasteiger charge is -2.20. The first-order valence-electron chi connectivity index (χ1n) is 6.31. The fourth-order valence-electron chi connectivity index (χ4n) is 2.55. The van der Waals surface area contributed by atoms with E-state index in [2.05, 4.69) is 27.4 Å². The molecule has 0 atom stereocenters. The van der Waals surface area contributed by atoms with E-state index < -0.39 is 0 Å². The molecule has 1 aromatic carbocycles. The molecule has 3 nitrogen and oxygen atoms in total. The quantitative estimate of drug-likeness (QED) is 0.826. The molecule has 0 amide bonds. The molecule has 0 saturated carbocycles. The molecule has 0 N–H and O–H groups in total. The first kappa shape index (κ1) is 11.6. The number of benzene rings is 1. The summed E-state index contributed by atoms with van der Waals surface area (Å²) in [5.41, 5.74) is 2.21. The van der Waals surface area contributed by atoms with Gasteiger partial charge in [-0.2, -0.15) is 0 Å². The van der Waals surface area contributed by atoms with Crippen LogP contribution in [0.15, 0.2) is 30.6 Å². The maximum atomic E-state index is 6.33. The van der Waals surface area contributed by atoms with Crippen LogP contribution in [0.4, 0.5) is 5.95 Å². The second-order valence-electron chi connectivity index (χ2n) is 4.70. The Morgan fingerprint density at radius 3 is 2.72 bits per heavy atom. The van der Waals surface area contributed by atoms with Gasteiger partial charge in [0.1, 0.15) is 0 Å². The van der Waals surface area contributed by atoms with Crippen LogP contribution in [-0.4, -0.2) is 22.6 Å². The Hall–Kier alpha value is -1.48. The first-order valence-corrected chi connectivity index (χ1v) is 6.69. The third kappa shape index (κ3) is 1.89. The van der Waals surface area contributed by atoms with Crippen LogP contribution in [0.5, 0.6) is 0 Å². The zero-order chi connectivity index (χ0) is 12.5. The summed E-state index contributed by atoms with van der Waals surface area (Å²) in [4.78, 5) is 6.81. The molecule has 0 bridgehead atoms. The molecule has 2 aromatic rings. The zero-order valence-corrected chi connectivity index (χ0v) is 11.2. The molecule has 2 heterocycles. The van der Waals surface area contributed by atoms with Crippen LogP contribution in [0.25, 0.3) is 5.69 Å². The Morgan fingerprint density at radius 2 is 2.00 bits per heavy atom. The van der Waals surface area contributed by atoms with Gasteiger partial charge in [0.15, 0.2) is 0 Å². The molecule has 0 unspecified atom stereocenters. The lowest BCUT2D eigenvalue weighted by atomic mass is 10.2. The summed E-state index contributed by atoms with van der Waals surface area (Å²) in [5.74, 6) is 1.00. The molecule has 94 valence electrons. The van der Waals surface area contributed by atoms with Crippen molar-refractivity contribution in [1.29, 1.82) is 0 Å². The summed E-state index contributed by atoms with van der Waals surface area (Å²) in [7, 11) is 0. The maximum Gasteiger partial charge on any atom is 0.210 e. The fraction of sp³-hybridized carbons (Fsp3) is 0.357. The Balaban J connectivity index is 2.09. The van der Waals surface area contributed by atoms with Crippen LogP contribution >= 0.6 is 11.6 Å². The smallest absolute Gasteiger partial charge is 0.210 e. The van der Waals surface area contributed by atoms with Crippen LogP contribution in [0.2, 0.25) is 5.02 Å². The largest absolute Gasteiger partial charge is 0.342 e. The average molecular weight is 262 g/mol. The van der Waals surface area contributed by atoms with E-state index in [1.807, 2.05) is 24.5 Å².